The van der Waals surface area contributed by atoms with Crippen molar-refractivity contribution in [3.63, 3.8) is 0 Å². The summed E-state index contributed by atoms with van der Waals surface area (Å²) in [6.45, 7) is 0. The highest BCUT2D eigenvalue weighted by molar-refractivity contribution is 5.19. The molecule has 0 N–H and O–H groups in total. The van der Waals surface area contributed by atoms with Crippen molar-refractivity contribution < 1.29 is 0 Å². The van der Waals surface area contributed by atoms with Gasteiger partial charge in [-0.15, -0.1) is 0 Å². The van der Waals surface area contributed by atoms with Gasteiger partial charge >= 0.3 is 0 Å². The summed E-state index contributed by atoms with van der Waals surface area (Å²) in [5, 5.41) is 0. The first-order valence-electron chi connectivity index (χ1n) is 4.13. The third-order valence-corrected chi connectivity index (χ3v) is 3.60. The number of hydrogen-bond donors (Lipinski definition) is 0. The van der Waals surface area contributed by atoms with E-state index in [2.05, 4.69) is 12.2 Å². The molecule has 48 valence electrons. The Kier molecular flexibility index (Phi) is 0.633. The molecule has 0 aliphatic heterocycles. The maximum absolute atomic E-state index is 2.44. The quantitative estimate of drug-likeness (QED) is 0.430. The summed E-state index contributed by atoms with van der Waals surface area (Å²) in [5.74, 6) is 4.32. The van der Waals surface area contributed by atoms with Crippen LogP contribution in [0.4, 0.5) is 0 Å². The average Bonchev–Trinajstić information content (AvgIpc) is 2.18. The normalized spacial score (nSPS) is 59.6. The molecule has 4 unspecified atom stereocenters. The molecule has 0 aromatic heterocycles. The van der Waals surface area contributed by atoms with Gasteiger partial charge < -0.3 is 0 Å². The van der Waals surface area contributed by atoms with Gasteiger partial charge in [-0.05, 0) is 42.9 Å². The summed E-state index contributed by atoms with van der Waals surface area (Å²) < 4.78 is 0. The third-order valence-electron chi connectivity index (χ3n) is 3.60. The topological polar surface area (TPSA) is 0 Å². The molecule has 0 aromatic rings. The second-order valence-electron chi connectivity index (χ2n) is 3.87. The molecule has 2 bridgehead atoms. The highest BCUT2D eigenvalue weighted by Crippen LogP contribution is 2.57. The van der Waals surface area contributed by atoms with Crippen molar-refractivity contribution in [1.29, 1.82) is 0 Å². The van der Waals surface area contributed by atoms with Crippen molar-refractivity contribution in [2.75, 3.05) is 0 Å². The summed E-state index contributed by atoms with van der Waals surface area (Å²) in [4.78, 5) is 0. The molecule has 0 amide bonds. The molecule has 0 radical (unpaired) electrons. The first-order chi connectivity index (χ1) is 4.45. The summed E-state index contributed by atoms with van der Waals surface area (Å²) >= 11 is 0. The van der Waals surface area contributed by atoms with Crippen molar-refractivity contribution in [3.8, 4) is 0 Å². The highest BCUT2D eigenvalue weighted by atomic mass is 14.5. The van der Waals surface area contributed by atoms with Gasteiger partial charge in [0.05, 0.1) is 0 Å². The first kappa shape index (κ1) is 4.54. The Morgan fingerprint density at radius 1 is 0.889 bits per heavy atom. The lowest BCUT2D eigenvalue weighted by molar-refractivity contribution is 0.285. The SMILES string of the molecule is C1=CC2C3CCC(C3)C12. The maximum atomic E-state index is 2.44. The van der Waals surface area contributed by atoms with E-state index in [9.17, 15) is 0 Å². The van der Waals surface area contributed by atoms with Crippen LogP contribution in [0.1, 0.15) is 19.3 Å². The van der Waals surface area contributed by atoms with Gasteiger partial charge in [0.2, 0.25) is 0 Å². The Morgan fingerprint density at radius 2 is 1.44 bits per heavy atom. The molecule has 0 heterocycles. The van der Waals surface area contributed by atoms with Crippen molar-refractivity contribution in [1.82, 2.24) is 0 Å². The van der Waals surface area contributed by atoms with Crippen LogP contribution in [0.2, 0.25) is 0 Å². The van der Waals surface area contributed by atoms with E-state index in [1.807, 2.05) is 0 Å². The van der Waals surface area contributed by atoms with Crippen LogP contribution in [-0.4, -0.2) is 0 Å². The Labute approximate surface area is 56.0 Å². The summed E-state index contributed by atoms with van der Waals surface area (Å²) in [7, 11) is 0. The lowest BCUT2D eigenvalue weighted by Crippen LogP contribution is -2.24. The predicted octanol–water partition coefficient (Wildman–Crippen LogP) is 2.22. The van der Waals surface area contributed by atoms with Crippen LogP contribution in [0.5, 0.6) is 0 Å². The van der Waals surface area contributed by atoms with Crippen molar-refractivity contribution >= 4 is 0 Å². The van der Waals surface area contributed by atoms with Crippen LogP contribution in [0.15, 0.2) is 12.2 Å². The minimum atomic E-state index is 1.05. The smallest absolute Gasteiger partial charge is 0.0139 e. The summed E-state index contributed by atoms with van der Waals surface area (Å²) in [6, 6.07) is 0. The molecule has 0 spiro atoms. The van der Waals surface area contributed by atoms with E-state index in [1.165, 1.54) is 12.8 Å². The summed E-state index contributed by atoms with van der Waals surface area (Å²) in [5.41, 5.74) is 0. The summed E-state index contributed by atoms with van der Waals surface area (Å²) in [6.07, 6.45) is 9.51. The second-order valence-corrected chi connectivity index (χ2v) is 3.87. The standard InChI is InChI=1S/C9H12/c1-2-7-5-6(1)8-3-4-9(7)8/h3-4,6-9H,1-2,5H2. The van der Waals surface area contributed by atoms with Gasteiger partial charge in [-0.1, -0.05) is 12.2 Å². The molecule has 3 aliphatic rings. The van der Waals surface area contributed by atoms with Crippen LogP contribution in [0, 0.1) is 23.7 Å². The molecule has 0 aromatic carbocycles. The zero-order valence-electron chi connectivity index (χ0n) is 5.59. The number of hydrogen-bond acceptors (Lipinski definition) is 0. The van der Waals surface area contributed by atoms with E-state index in [0.717, 1.165) is 23.7 Å². The van der Waals surface area contributed by atoms with E-state index in [1.54, 1.807) is 6.42 Å². The van der Waals surface area contributed by atoms with Gasteiger partial charge in [0.25, 0.3) is 0 Å². The average molecular weight is 120 g/mol. The lowest BCUT2D eigenvalue weighted by Gasteiger charge is -2.33. The minimum Gasteiger partial charge on any atom is -0.0842 e. The van der Waals surface area contributed by atoms with Crippen molar-refractivity contribution in [3.05, 3.63) is 12.2 Å². The molecular weight excluding hydrogens is 108 g/mol. The van der Waals surface area contributed by atoms with Crippen LogP contribution < -0.4 is 0 Å². The molecular formula is C9H12. The minimum absolute atomic E-state index is 1.05. The van der Waals surface area contributed by atoms with E-state index in [4.69, 9.17) is 0 Å². The Bertz CT molecular complexity index is 151. The van der Waals surface area contributed by atoms with Gasteiger partial charge in [-0.2, -0.15) is 0 Å². The predicted molar refractivity (Wildman–Crippen MR) is 37.0 cm³/mol. The molecule has 9 heavy (non-hydrogen) atoms. The molecule has 0 saturated heterocycles. The molecule has 2 fully saturated rings. The number of fused-ring (bicyclic) bond motifs is 5. The van der Waals surface area contributed by atoms with Crippen LogP contribution in [0.3, 0.4) is 0 Å². The molecule has 0 heteroatoms. The fourth-order valence-corrected chi connectivity index (χ4v) is 3.06. The molecule has 0 nitrogen and oxygen atoms in total. The van der Waals surface area contributed by atoms with Gasteiger partial charge in [0.1, 0.15) is 0 Å². The van der Waals surface area contributed by atoms with E-state index >= 15 is 0 Å². The Morgan fingerprint density at radius 3 is 1.78 bits per heavy atom. The second kappa shape index (κ2) is 1.25. The molecule has 3 aliphatic carbocycles. The van der Waals surface area contributed by atoms with E-state index < -0.39 is 0 Å². The highest BCUT2D eigenvalue weighted by Gasteiger charge is 2.48. The van der Waals surface area contributed by atoms with Crippen LogP contribution in [0.25, 0.3) is 0 Å². The van der Waals surface area contributed by atoms with Gasteiger partial charge in [-0.3, -0.25) is 0 Å². The lowest BCUT2D eigenvalue weighted by atomic mass is 9.72. The van der Waals surface area contributed by atoms with Crippen molar-refractivity contribution in [2.45, 2.75) is 19.3 Å². The largest absolute Gasteiger partial charge is 0.0842 e. The number of rotatable bonds is 0. The fourth-order valence-electron chi connectivity index (χ4n) is 3.06. The zero-order valence-corrected chi connectivity index (χ0v) is 5.59. The third kappa shape index (κ3) is 0.385. The van der Waals surface area contributed by atoms with Gasteiger partial charge in [-0.25, -0.2) is 0 Å². The Balaban J connectivity index is 2.03. The number of allylic oxidation sites excluding steroid dienone is 2. The van der Waals surface area contributed by atoms with Crippen molar-refractivity contribution in [2.24, 2.45) is 23.7 Å². The first-order valence-corrected chi connectivity index (χ1v) is 4.13. The van der Waals surface area contributed by atoms with E-state index in [-0.39, 0.29) is 0 Å². The zero-order chi connectivity index (χ0) is 5.84. The molecule has 4 atom stereocenters. The maximum Gasteiger partial charge on any atom is -0.0139 e. The molecule has 3 rings (SSSR count). The van der Waals surface area contributed by atoms with E-state index in [0.29, 0.717) is 0 Å². The van der Waals surface area contributed by atoms with Gasteiger partial charge in [0, 0.05) is 0 Å². The Hall–Kier alpha value is -0.260. The monoisotopic (exact) mass is 120 g/mol. The molecule has 2 saturated carbocycles. The van der Waals surface area contributed by atoms with Gasteiger partial charge in [0.15, 0.2) is 0 Å². The fraction of sp³-hybridized carbons (Fsp3) is 0.778. The van der Waals surface area contributed by atoms with Crippen LogP contribution in [-0.2, 0) is 0 Å². The van der Waals surface area contributed by atoms with Crippen LogP contribution >= 0.6 is 0 Å².